The fourth-order valence-corrected chi connectivity index (χ4v) is 3.95. The number of hydrogen-bond acceptors (Lipinski definition) is 7. The van der Waals surface area contributed by atoms with Crippen LogP contribution < -0.4 is 9.64 Å². The van der Waals surface area contributed by atoms with Gasteiger partial charge in [0.15, 0.2) is 6.61 Å². The van der Waals surface area contributed by atoms with Crippen LogP contribution in [0.5, 0.6) is 5.75 Å². The minimum Gasteiger partial charge on any atom is -0.482 e. The molecule has 168 valence electrons. The second-order valence-corrected chi connectivity index (χ2v) is 7.83. The van der Waals surface area contributed by atoms with Crippen molar-refractivity contribution in [3.63, 3.8) is 0 Å². The van der Waals surface area contributed by atoms with Gasteiger partial charge in [-0.25, -0.2) is 9.78 Å². The molecule has 0 aliphatic carbocycles. The molecule has 2 aromatic carbocycles. The molecule has 7 heteroatoms. The average molecular weight is 443 g/mol. The first kappa shape index (κ1) is 22.3. The Morgan fingerprint density at radius 3 is 2.64 bits per heavy atom. The van der Waals surface area contributed by atoms with E-state index in [1.54, 1.807) is 6.07 Å². The molecule has 1 aromatic heterocycles. The van der Waals surface area contributed by atoms with Crippen LogP contribution in [0.2, 0.25) is 0 Å². The van der Waals surface area contributed by atoms with E-state index in [4.69, 9.17) is 4.74 Å². The van der Waals surface area contributed by atoms with Gasteiger partial charge in [-0.05, 0) is 53.1 Å². The number of ether oxygens (including phenoxy) is 2. The summed E-state index contributed by atoms with van der Waals surface area (Å²) in [6, 6.07) is 21.6. The lowest BCUT2D eigenvalue weighted by molar-refractivity contribution is -0.142. The molecule has 0 atom stereocenters. The normalized spacial score (nSPS) is 13.9. The number of pyridine rings is 1. The van der Waals surface area contributed by atoms with Crippen molar-refractivity contribution < 1.29 is 14.3 Å². The van der Waals surface area contributed by atoms with Crippen molar-refractivity contribution in [1.82, 2.24) is 9.88 Å². The van der Waals surface area contributed by atoms with E-state index in [1.165, 1.54) is 7.11 Å². The molecule has 0 bridgehead atoms. The molecule has 1 aliphatic heterocycles. The topological polar surface area (TPSA) is 78.7 Å². The third-order valence-corrected chi connectivity index (χ3v) is 5.70. The first-order valence-electron chi connectivity index (χ1n) is 10.9. The minimum absolute atomic E-state index is 0.137. The first-order valence-corrected chi connectivity index (χ1v) is 10.9. The lowest BCUT2D eigenvalue weighted by Gasteiger charge is -2.35. The third kappa shape index (κ3) is 5.68. The summed E-state index contributed by atoms with van der Waals surface area (Å²) >= 11 is 0. The Morgan fingerprint density at radius 1 is 1.06 bits per heavy atom. The van der Waals surface area contributed by atoms with Gasteiger partial charge in [-0.3, -0.25) is 4.90 Å². The summed E-state index contributed by atoms with van der Waals surface area (Å²) in [6.45, 7) is 4.20. The van der Waals surface area contributed by atoms with Crippen LogP contribution in [-0.2, 0) is 16.1 Å². The Kier molecular flexibility index (Phi) is 7.18. The molecule has 1 saturated heterocycles. The summed E-state index contributed by atoms with van der Waals surface area (Å²) in [5.41, 5.74) is 3.73. The monoisotopic (exact) mass is 442 g/mol. The Morgan fingerprint density at radius 2 is 1.91 bits per heavy atom. The van der Waals surface area contributed by atoms with Crippen LogP contribution in [0.3, 0.4) is 0 Å². The SMILES string of the molecule is COC(=O)COc1ccc(-c2cccc(C#N)c2)c(CN2CCN(c3ccccn3)CC2)c1. The van der Waals surface area contributed by atoms with Gasteiger partial charge in [0.1, 0.15) is 11.6 Å². The number of piperazine rings is 1. The van der Waals surface area contributed by atoms with E-state index in [2.05, 4.69) is 25.6 Å². The number of methoxy groups -OCH3 is 1. The minimum atomic E-state index is -0.423. The quantitative estimate of drug-likeness (QED) is 0.518. The van der Waals surface area contributed by atoms with Gasteiger partial charge in [0, 0.05) is 38.9 Å². The van der Waals surface area contributed by atoms with Crippen molar-refractivity contribution in [2.75, 3.05) is 44.8 Å². The average Bonchev–Trinajstić information content (AvgIpc) is 2.88. The number of nitrogens with zero attached hydrogens (tertiary/aromatic N) is 4. The van der Waals surface area contributed by atoms with Crippen LogP contribution in [0.25, 0.3) is 11.1 Å². The van der Waals surface area contributed by atoms with Crippen molar-refractivity contribution in [2.24, 2.45) is 0 Å². The Bertz CT molecular complexity index is 1140. The zero-order valence-corrected chi connectivity index (χ0v) is 18.6. The second-order valence-electron chi connectivity index (χ2n) is 7.83. The summed E-state index contributed by atoms with van der Waals surface area (Å²) in [5.74, 6) is 1.19. The number of hydrogen-bond donors (Lipinski definition) is 0. The van der Waals surface area contributed by atoms with Gasteiger partial charge in [-0.1, -0.05) is 24.3 Å². The molecule has 4 rings (SSSR count). The summed E-state index contributed by atoms with van der Waals surface area (Å²) in [6.07, 6.45) is 1.82. The predicted octanol–water partition coefficient (Wildman–Crippen LogP) is 3.49. The molecule has 0 N–H and O–H groups in total. The molecule has 2 heterocycles. The van der Waals surface area contributed by atoms with Crippen LogP contribution >= 0.6 is 0 Å². The van der Waals surface area contributed by atoms with E-state index in [1.807, 2.05) is 60.8 Å². The van der Waals surface area contributed by atoms with E-state index >= 15 is 0 Å². The standard InChI is InChI=1S/C26H26N4O3/c1-32-26(31)19-33-23-8-9-24(21-6-4-5-20(15-21)17-27)22(16-23)18-29-11-13-30(14-12-29)25-7-2-3-10-28-25/h2-10,15-16H,11-14,18-19H2,1H3. The van der Waals surface area contributed by atoms with Gasteiger partial charge in [-0.2, -0.15) is 5.26 Å². The molecule has 0 amide bonds. The number of anilines is 1. The molecule has 0 unspecified atom stereocenters. The Labute approximate surface area is 193 Å². The van der Waals surface area contributed by atoms with Crippen LogP contribution in [0, 0.1) is 11.3 Å². The van der Waals surface area contributed by atoms with Crippen molar-refractivity contribution in [1.29, 1.82) is 5.26 Å². The molecular weight excluding hydrogens is 416 g/mol. The number of esters is 1. The van der Waals surface area contributed by atoms with Gasteiger partial charge in [0.05, 0.1) is 18.7 Å². The van der Waals surface area contributed by atoms with Crippen molar-refractivity contribution in [2.45, 2.75) is 6.54 Å². The molecule has 3 aromatic rings. The van der Waals surface area contributed by atoms with Crippen LogP contribution in [0.15, 0.2) is 66.9 Å². The lowest BCUT2D eigenvalue weighted by atomic mass is 9.97. The smallest absolute Gasteiger partial charge is 0.343 e. The van der Waals surface area contributed by atoms with Crippen LogP contribution in [0.4, 0.5) is 5.82 Å². The van der Waals surface area contributed by atoms with Gasteiger partial charge in [0.25, 0.3) is 0 Å². The van der Waals surface area contributed by atoms with E-state index < -0.39 is 5.97 Å². The molecule has 1 aliphatic rings. The highest BCUT2D eigenvalue weighted by molar-refractivity contribution is 5.72. The second kappa shape index (κ2) is 10.6. The summed E-state index contributed by atoms with van der Waals surface area (Å²) in [5, 5.41) is 9.32. The maximum Gasteiger partial charge on any atom is 0.343 e. The van der Waals surface area contributed by atoms with E-state index in [0.717, 1.165) is 55.2 Å². The maximum atomic E-state index is 11.5. The zero-order valence-electron chi connectivity index (χ0n) is 18.6. The Hall–Kier alpha value is -3.89. The summed E-state index contributed by atoms with van der Waals surface area (Å²) < 4.78 is 10.3. The maximum absolute atomic E-state index is 11.5. The molecule has 0 spiro atoms. The molecule has 0 radical (unpaired) electrons. The summed E-state index contributed by atoms with van der Waals surface area (Å²) in [7, 11) is 1.34. The molecule has 1 fully saturated rings. The zero-order chi connectivity index (χ0) is 23.0. The number of rotatable bonds is 7. The van der Waals surface area contributed by atoms with E-state index in [9.17, 15) is 10.1 Å². The highest BCUT2D eigenvalue weighted by Crippen LogP contribution is 2.30. The van der Waals surface area contributed by atoms with Gasteiger partial charge >= 0.3 is 5.97 Å². The molecule has 33 heavy (non-hydrogen) atoms. The first-order chi connectivity index (χ1) is 16.2. The van der Waals surface area contributed by atoms with Crippen LogP contribution in [-0.4, -0.2) is 55.7 Å². The number of carbonyl (C=O) groups is 1. The Balaban J connectivity index is 1.54. The van der Waals surface area contributed by atoms with E-state index in [0.29, 0.717) is 11.3 Å². The third-order valence-electron chi connectivity index (χ3n) is 5.70. The molecule has 7 nitrogen and oxygen atoms in total. The highest BCUT2D eigenvalue weighted by atomic mass is 16.6. The largest absolute Gasteiger partial charge is 0.482 e. The fourth-order valence-electron chi connectivity index (χ4n) is 3.95. The van der Waals surface area contributed by atoms with Crippen molar-refractivity contribution >= 4 is 11.8 Å². The number of aromatic nitrogens is 1. The molecule has 0 saturated carbocycles. The summed E-state index contributed by atoms with van der Waals surface area (Å²) in [4.78, 5) is 20.7. The van der Waals surface area contributed by atoms with Gasteiger partial charge in [0.2, 0.25) is 0 Å². The molecular formula is C26H26N4O3. The number of carbonyl (C=O) groups excluding carboxylic acids is 1. The van der Waals surface area contributed by atoms with Gasteiger partial charge < -0.3 is 14.4 Å². The lowest BCUT2D eigenvalue weighted by Crippen LogP contribution is -2.46. The number of nitriles is 1. The fraction of sp³-hybridized carbons (Fsp3) is 0.269. The predicted molar refractivity (Wildman–Crippen MR) is 126 cm³/mol. The van der Waals surface area contributed by atoms with Gasteiger partial charge in [-0.15, -0.1) is 0 Å². The van der Waals surface area contributed by atoms with Crippen molar-refractivity contribution in [3.05, 3.63) is 78.0 Å². The highest BCUT2D eigenvalue weighted by Gasteiger charge is 2.20. The van der Waals surface area contributed by atoms with Crippen LogP contribution in [0.1, 0.15) is 11.1 Å². The number of benzene rings is 2. The van der Waals surface area contributed by atoms with Crippen molar-refractivity contribution in [3.8, 4) is 22.9 Å². The van der Waals surface area contributed by atoms with E-state index in [-0.39, 0.29) is 6.61 Å².